The molecule has 0 aliphatic carbocycles. The molecule has 3 aromatic carbocycles. The number of nitrogens with zero attached hydrogens (tertiary/aromatic N) is 1. The Kier molecular flexibility index (Phi) is 9.74. The topological polar surface area (TPSA) is 95.5 Å². The van der Waals surface area contributed by atoms with Gasteiger partial charge < -0.3 is 18.9 Å². The molecule has 3 rings (SSSR count). The van der Waals surface area contributed by atoms with Gasteiger partial charge in [0.25, 0.3) is 5.91 Å². The monoisotopic (exact) mass is 608 g/mol. The second-order valence-corrected chi connectivity index (χ2v) is 8.52. The van der Waals surface area contributed by atoms with E-state index in [0.717, 1.165) is 0 Å². The minimum absolute atomic E-state index is 0.207. The predicted octanol–water partition coefficient (Wildman–Crippen LogP) is 5.10. The lowest BCUT2D eigenvalue weighted by Gasteiger charge is -2.13. The molecule has 0 aliphatic heterocycles. The van der Waals surface area contributed by atoms with E-state index in [1.54, 1.807) is 67.8 Å². The van der Waals surface area contributed by atoms with Crippen molar-refractivity contribution in [3.63, 3.8) is 0 Å². The van der Waals surface area contributed by atoms with Crippen molar-refractivity contribution in [2.75, 3.05) is 20.3 Å². The van der Waals surface area contributed by atoms with Crippen LogP contribution in [0, 0.1) is 3.57 Å². The van der Waals surface area contributed by atoms with Crippen molar-refractivity contribution in [3.8, 4) is 23.0 Å². The van der Waals surface area contributed by atoms with Gasteiger partial charge in [-0.3, -0.25) is 4.79 Å². The maximum atomic E-state index is 12.6. The molecule has 0 atom stereocenters. The first-order chi connectivity index (χ1) is 16.9. The summed E-state index contributed by atoms with van der Waals surface area (Å²) in [5.41, 5.74) is 3.42. The zero-order valence-electron chi connectivity index (χ0n) is 18.9. The molecule has 10 heteroatoms. The van der Waals surface area contributed by atoms with Crippen molar-refractivity contribution >= 4 is 52.3 Å². The third-order valence-corrected chi connectivity index (χ3v) is 5.49. The Balaban J connectivity index is 1.64. The number of ether oxygens (including phenoxy) is 4. The van der Waals surface area contributed by atoms with Gasteiger partial charge in [0.2, 0.25) is 0 Å². The summed E-state index contributed by atoms with van der Waals surface area (Å²) in [6, 6.07) is 16.7. The number of benzene rings is 3. The number of methoxy groups -OCH3 is 1. The zero-order chi connectivity index (χ0) is 25.2. The lowest BCUT2D eigenvalue weighted by atomic mass is 10.2. The second kappa shape index (κ2) is 13.0. The average molecular weight is 609 g/mol. The Bertz CT molecular complexity index is 1200. The minimum Gasteiger partial charge on any atom is -0.497 e. The number of carbonyl (C=O) groups is 2. The van der Waals surface area contributed by atoms with E-state index in [-0.39, 0.29) is 6.61 Å². The normalized spacial score (nSPS) is 10.6. The molecule has 0 aromatic heterocycles. The lowest BCUT2D eigenvalue weighted by Crippen LogP contribution is -2.24. The molecule has 0 radical (unpaired) electrons. The molecule has 0 saturated heterocycles. The molecule has 1 amide bonds. The average Bonchev–Trinajstić information content (AvgIpc) is 2.86. The minimum atomic E-state index is -0.527. The van der Waals surface area contributed by atoms with Gasteiger partial charge in [0.1, 0.15) is 11.5 Å². The first-order valence-electron chi connectivity index (χ1n) is 10.4. The van der Waals surface area contributed by atoms with Crippen LogP contribution in [-0.4, -0.2) is 38.4 Å². The van der Waals surface area contributed by atoms with E-state index in [1.165, 1.54) is 6.21 Å². The molecule has 0 bridgehead atoms. The number of hydrogen-bond donors (Lipinski definition) is 1. The largest absolute Gasteiger partial charge is 0.497 e. The van der Waals surface area contributed by atoms with Gasteiger partial charge in [-0.2, -0.15) is 5.10 Å². The standard InChI is InChI=1S/C25H22ClIN2O6/c1-3-33-22-13-16(14-28-29-23(30)15-34-20-10-6-18(26)7-11-20)12-21(27)24(22)35-25(31)17-4-8-19(32-2)9-5-17/h4-14H,3,15H2,1-2H3,(H,29,30)/b28-14-. The molecule has 0 fully saturated rings. The van der Waals surface area contributed by atoms with Crippen molar-refractivity contribution < 1.29 is 28.5 Å². The van der Waals surface area contributed by atoms with Gasteiger partial charge in [-0.1, -0.05) is 11.6 Å². The van der Waals surface area contributed by atoms with Crippen LogP contribution in [0.1, 0.15) is 22.8 Å². The fraction of sp³-hybridized carbons (Fsp3) is 0.160. The van der Waals surface area contributed by atoms with E-state index in [2.05, 4.69) is 10.5 Å². The summed E-state index contributed by atoms with van der Waals surface area (Å²) in [6.45, 7) is 1.98. The van der Waals surface area contributed by atoms with E-state index in [4.69, 9.17) is 30.5 Å². The highest BCUT2D eigenvalue weighted by molar-refractivity contribution is 14.1. The van der Waals surface area contributed by atoms with Crippen LogP contribution in [-0.2, 0) is 4.79 Å². The lowest BCUT2D eigenvalue weighted by molar-refractivity contribution is -0.123. The fourth-order valence-corrected chi connectivity index (χ4v) is 3.66. The summed E-state index contributed by atoms with van der Waals surface area (Å²) >= 11 is 7.87. The van der Waals surface area contributed by atoms with Crippen molar-refractivity contribution in [2.24, 2.45) is 5.10 Å². The van der Waals surface area contributed by atoms with Gasteiger partial charge in [0.05, 0.1) is 29.1 Å². The number of rotatable bonds is 10. The summed E-state index contributed by atoms with van der Waals surface area (Å²) < 4.78 is 22.4. The maximum absolute atomic E-state index is 12.6. The maximum Gasteiger partial charge on any atom is 0.343 e. The molecular formula is C25H22ClIN2O6. The summed E-state index contributed by atoms with van der Waals surface area (Å²) in [5, 5.41) is 4.54. The predicted molar refractivity (Wildman–Crippen MR) is 141 cm³/mol. The van der Waals surface area contributed by atoms with Crippen molar-refractivity contribution in [1.29, 1.82) is 0 Å². The van der Waals surface area contributed by atoms with Gasteiger partial charge >= 0.3 is 5.97 Å². The SMILES string of the molecule is CCOc1cc(/C=N\NC(=O)COc2ccc(Cl)cc2)cc(I)c1OC(=O)c1ccc(OC)cc1. The third-order valence-electron chi connectivity index (χ3n) is 4.44. The zero-order valence-corrected chi connectivity index (χ0v) is 21.8. The molecule has 0 saturated carbocycles. The first-order valence-corrected chi connectivity index (χ1v) is 11.9. The van der Waals surface area contributed by atoms with E-state index in [1.807, 2.05) is 29.5 Å². The van der Waals surface area contributed by atoms with Gasteiger partial charge in [-0.05, 0) is 95.7 Å². The summed E-state index contributed by atoms with van der Waals surface area (Å²) in [7, 11) is 1.55. The quantitative estimate of drug-likeness (QED) is 0.113. The number of hydrazone groups is 1. The van der Waals surface area contributed by atoms with Crippen molar-refractivity contribution in [3.05, 3.63) is 80.4 Å². The van der Waals surface area contributed by atoms with Crippen molar-refractivity contribution in [1.82, 2.24) is 5.43 Å². The van der Waals surface area contributed by atoms with Gasteiger partial charge in [0.15, 0.2) is 18.1 Å². The van der Waals surface area contributed by atoms with Crippen LogP contribution in [0.15, 0.2) is 65.8 Å². The Morgan fingerprint density at radius 3 is 2.37 bits per heavy atom. The molecule has 0 spiro atoms. The first kappa shape index (κ1) is 26.3. The molecule has 1 N–H and O–H groups in total. The molecule has 3 aromatic rings. The van der Waals surface area contributed by atoms with E-state index >= 15 is 0 Å². The van der Waals surface area contributed by atoms with E-state index in [0.29, 0.717) is 49.3 Å². The molecular weight excluding hydrogens is 587 g/mol. The highest BCUT2D eigenvalue weighted by Gasteiger charge is 2.17. The van der Waals surface area contributed by atoms with Gasteiger partial charge in [-0.15, -0.1) is 0 Å². The number of amides is 1. The Hall–Kier alpha value is -3.31. The highest BCUT2D eigenvalue weighted by Crippen LogP contribution is 2.34. The summed E-state index contributed by atoms with van der Waals surface area (Å²) in [5.74, 6) is 0.871. The Morgan fingerprint density at radius 1 is 1.03 bits per heavy atom. The van der Waals surface area contributed by atoms with Crippen LogP contribution in [0.25, 0.3) is 0 Å². The van der Waals surface area contributed by atoms with Crippen LogP contribution in [0.4, 0.5) is 0 Å². The summed E-state index contributed by atoms with van der Waals surface area (Å²) in [6.07, 6.45) is 1.46. The second-order valence-electron chi connectivity index (χ2n) is 6.92. The van der Waals surface area contributed by atoms with Crippen LogP contribution in [0.2, 0.25) is 5.02 Å². The van der Waals surface area contributed by atoms with E-state index in [9.17, 15) is 9.59 Å². The van der Waals surface area contributed by atoms with Crippen LogP contribution in [0.3, 0.4) is 0 Å². The molecule has 35 heavy (non-hydrogen) atoms. The number of halogens is 2. The molecule has 0 heterocycles. The summed E-state index contributed by atoms with van der Waals surface area (Å²) in [4.78, 5) is 24.6. The van der Waals surface area contributed by atoms with Gasteiger partial charge in [-0.25, -0.2) is 10.2 Å². The fourth-order valence-electron chi connectivity index (χ4n) is 2.79. The third kappa shape index (κ3) is 7.86. The number of hydrogen-bond acceptors (Lipinski definition) is 7. The number of carbonyl (C=O) groups excluding carboxylic acids is 2. The van der Waals surface area contributed by atoms with Crippen molar-refractivity contribution in [2.45, 2.75) is 6.92 Å². The Labute approximate surface area is 221 Å². The number of esters is 1. The van der Waals surface area contributed by atoms with Crippen LogP contribution in [0.5, 0.6) is 23.0 Å². The molecule has 0 aliphatic rings. The van der Waals surface area contributed by atoms with E-state index < -0.39 is 11.9 Å². The van der Waals surface area contributed by atoms with Gasteiger partial charge in [0, 0.05) is 5.02 Å². The Morgan fingerprint density at radius 2 is 1.71 bits per heavy atom. The van der Waals surface area contributed by atoms with Crippen LogP contribution < -0.4 is 24.4 Å². The number of nitrogens with one attached hydrogen (secondary N) is 1. The smallest absolute Gasteiger partial charge is 0.343 e. The highest BCUT2D eigenvalue weighted by atomic mass is 127. The molecule has 0 unspecified atom stereocenters. The molecule has 182 valence electrons. The molecule has 8 nitrogen and oxygen atoms in total. The van der Waals surface area contributed by atoms with Crippen LogP contribution >= 0.6 is 34.2 Å².